The Kier molecular flexibility index (Phi) is 7.90. The number of carbonyl (C=O) groups excluding carboxylic acids is 1. The van der Waals surface area contributed by atoms with Gasteiger partial charge in [-0.2, -0.15) is 0 Å². The number of hydroxylamine groups is 2. The topological polar surface area (TPSA) is 29.5 Å². The summed E-state index contributed by atoms with van der Waals surface area (Å²) < 4.78 is 0. The van der Waals surface area contributed by atoms with Crippen LogP contribution in [0.5, 0.6) is 0 Å². The zero-order chi connectivity index (χ0) is 12.6. The first-order chi connectivity index (χ1) is 7.56. The molecule has 16 heavy (non-hydrogen) atoms. The fourth-order valence-electron chi connectivity index (χ4n) is 1.52. The molecule has 3 heteroatoms. The average molecular weight is 227 g/mol. The highest BCUT2D eigenvalue weighted by atomic mass is 16.7. The number of nitrogens with zero attached hydrogens (tertiary/aromatic N) is 1. The summed E-state index contributed by atoms with van der Waals surface area (Å²) in [6, 6.07) is 0.308. The minimum atomic E-state index is -0.233. The Morgan fingerprint density at radius 3 is 2.31 bits per heavy atom. The lowest BCUT2D eigenvalue weighted by atomic mass is 10.2. The Bertz CT molecular complexity index is 232. The van der Waals surface area contributed by atoms with Crippen LogP contribution in [-0.2, 0) is 9.63 Å². The number of rotatable bonds is 7. The molecular formula is C13H25NO2. The lowest BCUT2D eigenvalue weighted by Gasteiger charge is -2.24. The fraction of sp³-hybridized carbons (Fsp3) is 0.769. The van der Waals surface area contributed by atoms with Crippen molar-refractivity contribution in [1.82, 2.24) is 5.06 Å². The third-order valence-corrected chi connectivity index (χ3v) is 2.74. The maximum atomic E-state index is 11.7. The number of unbranched alkanes of at least 4 members (excludes halogenated alkanes) is 1. The maximum absolute atomic E-state index is 11.7. The van der Waals surface area contributed by atoms with E-state index in [9.17, 15) is 4.79 Å². The third-order valence-electron chi connectivity index (χ3n) is 2.74. The summed E-state index contributed by atoms with van der Waals surface area (Å²) in [6.07, 6.45) is 5.88. The van der Waals surface area contributed by atoms with Gasteiger partial charge in [0, 0.05) is 18.7 Å². The Hall–Kier alpha value is -0.830. The van der Waals surface area contributed by atoms with Crippen molar-refractivity contribution in [3.8, 4) is 0 Å². The Morgan fingerprint density at radius 2 is 1.88 bits per heavy atom. The molecule has 0 aliphatic heterocycles. The van der Waals surface area contributed by atoms with E-state index < -0.39 is 0 Å². The summed E-state index contributed by atoms with van der Waals surface area (Å²) in [4.78, 5) is 16.9. The highest BCUT2D eigenvalue weighted by Crippen LogP contribution is 2.09. The average Bonchev–Trinajstić information content (AvgIpc) is 2.27. The van der Waals surface area contributed by atoms with Crippen LogP contribution >= 0.6 is 0 Å². The highest BCUT2D eigenvalue weighted by molar-refractivity contribution is 5.87. The third kappa shape index (κ3) is 5.31. The zero-order valence-electron chi connectivity index (χ0n) is 11.2. The van der Waals surface area contributed by atoms with Crippen molar-refractivity contribution in [2.75, 3.05) is 7.05 Å². The van der Waals surface area contributed by atoms with Crippen LogP contribution in [-0.4, -0.2) is 24.1 Å². The van der Waals surface area contributed by atoms with Gasteiger partial charge in [-0.05, 0) is 26.2 Å². The molecule has 0 aliphatic carbocycles. The molecule has 0 rings (SSSR count). The molecule has 0 aromatic heterocycles. The minimum absolute atomic E-state index is 0.233. The second kappa shape index (κ2) is 8.34. The molecule has 0 fully saturated rings. The normalized spacial score (nSPS) is 12.3. The van der Waals surface area contributed by atoms with Crippen LogP contribution in [0.4, 0.5) is 0 Å². The van der Waals surface area contributed by atoms with Gasteiger partial charge in [0.15, 0.2) is 0 Å². The van der Waals surface area contributed by atoms with Crippen LogP contribution in [0.3, 0.4) is 0 Å². The van der Waals surface area contributed by atoms with Crippen LogP contribution in [0, 0.1) is 0 Å². The standard InChI is InChI=1S/C13H25NO2/c1-6-9-10-11(4)13(15)16-14(5)12(7-2)8-3/h10,12H,6-9H2,1-5H3. The van der Waals surface area contributed by atoms with E-state index in [-0.39, 0.29) is 5.97 Å². The molecule has 94 valence electrons. The van der Waals surface area contributed by atoms with E-state index in [1.165, 1.54) is 0 Å². The van der Waals surface area contributed by atoms with Crippen LogP contribution < -0.4 is 0 Å². The molecule has 0 atom stereocenters. The summed E-state index contributed by atoms with van der Waals surface area (Å²) in [5, 5.41) is 1.67. The highest BCUT2D eigenvalue weighted by Gasteiger charge is 2.15. The van der Waals surface area contributed by atoms with Crippen molar-refractivity contribution in [3.05, 3.63) is 11.6 Å². The van der Waals surface area contributed by atoms with Gasteiger partial charge in [0.25, 0.3) is 0 Å². The first-order valence-corrected chi connectivity index (χ1v) is 6.18. The van der Waals surface area contributed by atoms with Gasteiger partial charge in [-0.25, -0.2) is 4.79 Å². The van der Waals surface area contributed by atoms with E-state index >= 15 is 0 Å². The number of hydrogen-bond donors (Lipinski definition) is 0. The monoisotopic (exact) mass is 227 g/mol. The van der Waals surface area contributed by atoms with Gasteiger partial charge in [-0.1, -0.05) is 33.3 Å². The molecule has 0 bridgehead atoms. The molecule has 0 amide bonds. The van der Waals surface area contributed by atoms with Gasteiger partial charge < -0.3 is 4.84 Å². The summed E-state index contributed by atoms with van der Waals surface area (Å²) >= 11 is 0. The quantitative estimate of drug-likeness (QED) is 0.493. The van der Waals surface area contributed by atoms with Crippen LogP contribution in [0.25, 0.3) is 0 Å². The van der Waals surface area contributed by atoms with Crippen molar-refractivity contribution < 1.29 is 9.63 Å². The van der Waals surface area contributed by atoms with Gasteiger partial charge in [0.1, 0.15) is 0 Å². The van der Waals surface area contributed by atoms with Crippen molar-refractivity contribution in [2.24, 2.45) is 0 Å². The van der Waals surface area contributed by atoms with Crippen molar-refractivity contribution >= 4 is 5.97 Å². The molecule has 0 saturated heterocycles. The van der Waals surface area contributed by atoms with E-state index in [1.54, 1.807) is 12.0 Å². The second-order valence-corrected chi connectivity index (χ2v) is 4.07. The summed E-state index contributed by atoms with van der Waals surface area (Å²) in [7, 11) is 1.82. The predicted molar refractivity (Wildman–Crippen MR) is 66.9 cm³/mol. The van der Waals surface area contributed by atoms with Gasteiger partial charge in [0.05, 0.1) is 0 Å². The number of allylic oxidation sites excluding steroid dienone is 1. The molecule has 0 unspecified atom stereocenters. The lowest BCUT2D eigenvalue weighted by Crippen LogP contribution is -2.33. The zero-order valence-corrected chi connectivity index (χ0v) is 11.2. The van der Waals surface area contributed by atoms with E-state index in [1.807, 2.05) is 13.1 Å². The molecule has 0 spiro atoms. The van der Waals surface area contributed by atoms with Crippen molar-refractivity contribution in [1.29, 1.82) is 0 Å². The molecule has 0 aromatic rings. The molecule has 3 nitrogen and oxygen atoms in total. The number of hydrogen-bond acceptors (Lipinski definition) is 3. The maximum Gasteiger partial charge on any atom is 0.352 e. The van der Waals surface area contributed by atoms with Gasteiger partial charge >= 0.3 is 5.97 Å². The smallest absolute Gasteiger partial charge is 0.352 e. The van der Waals surface area contributed by atoms with E-state index in [2.05, 4.69) is 20.8 Å². The van der Waals surface area contributed by atoms with Crippen LogP contribution in [0.2, 0.25) is 0 Å². The van der Waals surface area contributed by atoms with Gasteiger partial charge in [-0.3, -0.25) is 0 Å². The summed E-state index contributed by atoms with van der Waals surface area (Å²) in [5.41, 5.74) is 0.694. The SMILES string of the molecule is CCCC=C(C)C(=O)ON(C)C(CC)CC. The largest absolute Gasteiger partial charge is 0.364 e. The Morgan fingerprint density at radius 1 is 1.31 bits per heavy atom. The van der Waals surface area contributed by atoms with E-state index in [4.69, 9.17) is 4.84 Å². The second-order valence-electron chi connectivity index (χ2n) is 4.07. The molecule has 0 heterocycles. The first kappa shape index (κ1) is 15.2. The molecule has 0 radical (unpaired) electrons. The fourth-order valence-corrected chi connectivity index (χ4v) is 1.52. The lowest BCUT2D eigenvalue weighted by molar-refractivity contribution is -0.189. The molecular weight excluding hydrogens is 202 g/mol. The minimum Gasteiger partial charge on any atom is -0.364 e. The van der Waals surface area contributed by atoms with Crippen molar-refractivity contribution in [3.63, 3.8) is 0 Å². The Balaban J connectivity index is 4.22. The van der Waals surface area contributed by atoms with Crippen molar-refractivity contribution in [2.45, 2.75) is 59.4 Å². The molecule has 0 aromatic carbocycles. The molecule has 0 aliphatic rings. The van der Waals surface area contributed by atoms with E-state index in [0.717, 1.165) is 25.7 Å². The predicted octanol–water partition coefficient (Wildman–Crippen LogP) is 3.31. The first-order valence-electron chi connectivity index (χ1n) is 6.18. The summed E-state index contributed by atoms with van der Waals surface area (Å²) in [5.74, 6) is -0.233. The van der Waals surface area contributed by atoms with Crippen LogP contribution in [0.1, 0.15) is 53.4 Å². The van der Waals surface area contributed by atoms with Gasteiger partial charge in [0.2, 0.25) is 0 Å². The van der Waals surface area contributed by atoms with Crippen LogP contribution in [0.15, 0.2) is 11.6 Å². The molecule has 0 N–H and O–H groups in total. The number of carbonyl (C=O) groups is 1. The van der Waals surface area contributed by atoms with Gasteiger partial charge in [-0.15, -0.1) is 5.06 Å². The van der Waals surface area contributed by atoms with E-state index in [0.29, 0.717) is 11.6 Å². The Labute approximate surface area is 99.4 Å². The molecule has 0 saturated carbocycles. The summed E-state index contributed by atoms with van der Waals surface area (Å²) in [6.45, 7) is 8.08.